The monoisotopic (exact) mass is 282 g/mol. The molecule has 3 heteroatoms. The number of carbonyl (C=O) groups excluding carboxylic acids is 1. The number of Topliss-reactive ketones (excluding diaryl/α,β-unsaturated/α-hetero) is 1. The molecule has 0 amide bonds. The minimum atomic E-state index is -0.889. The molecule has 112 valence electrons. The molecule has 0 spiro atoms. The zero-order valence-corrected chi connectivity index (χ0v) is 12.3. The van der Waals surface area contributed by atoms with Gasteiger partial charge in [-0.2, -0.15) is 0 Å². The third-order valence-corrected chi connectivity index (χ3v) is 3.48. The maximum atomic E-state index is 13.4. The first-order valence-electron chi connectivity index (χ1n) is 7.59. The van der Waals surface area contributed by atoms with Crippen LogP contribution in [0.15, 0.2) is 18.2 Å². The van der Waals surface area contributed by atoms with E-state index in [2.05, 4.69) is 6.92 Å². The van der Waals surface area contributed by atoms with Gasteiger partial charge < -0.3 is 0 Å². The summed E-state index contributed by atoms with van der Waals surface area (Å²) in [5.41, 5.74) is 0.165. The number of carbonyl (C=O) groups is 1. The summed E-state index contributed by atoms with van der Waals surface area (Å²) < 4.78 is 26.4. The Balaban J connectivity index is 2.19. The Labute approximate surface area is 120 Å². The fourth-order valence-electron chi connectivity index (χ4n) is 2.27. The van der Waals surface area contributed by atoms with Crippen LogP contribution in [-0.4, -0.2) is 5.78 Å². The van der Waals surface area contributed by atoms with E-state index in [-0.39, 0.29) is 17.8 Å². The highest BCUT2D eigenvalue weighted by Crippen LogP contribution is 2.14. The largest absolute Gasteiger partial charge is 0.299 e. The first kappa shape index (κ1) is 16.8. The van der Waals surface area contributed by atoms with E-state index in [1.54, 1.807) is 0 Å². The molecule has 0 bridgehead atoms. The summed E-state index contributed by atoms with van der Waals surface area (Å²) in [6.45, 7) is 2.18. The SMILES string of the molecule is CCCCCCCCCC(=O)Cc1cccc(F)c1F. The van der Waals surface area contributed by atoms with Crippen LogP contribution in [0.25, 0.3) is 0 Å². The van der Waals surface area contributed by atoms with E-state index in [1.165, 1.54) is 37.8 Å². The number of unbranched alkanes of at least 4 members (excludes halogenated alkanes) is 6. The van der Waals surface area contributed by atoms with Gasteiger partial charge in [0.1, 0.15) is 5.78 Å². The first-order valence-corrected chi connectivity index (χ1v) is 7.59. The molecule has 0 aliphatic carbocycles. The smallest absolute Gasteiger partial charge is 0.162 e. The van der Waals surface area contributed by atoms with E-state index in [9.17, 15) is 13.6 Å². The summed E-state index contributed by atoms with van der Waals surface area (Å²) in [6.07, 6.45) is 8.50. The molecule has 0 atom stereocenters. The van der Waals surface area contributed by atoms with Crippen molar-refractivity contribution in [1.82, 2.24) is 0 Å². The van der Waals surface area contributed by atoms with Crippen LogP contribution in [0.1, 0.15) is 63.9 Å². The predicted octanol–water partition coefficient (Wildman–Crippen LogP) is 5.22. The van der Waals surface area contributed by atoms with Crippen molar-refractivity contribution >= 4 is 5.78 Å². The Hall–Kier alpha value is -1.25. The molecule has 20 heavy (non-hydrogen) atoms. The van der Waals surface area contributed by atoms with Crippen LogP contribution in [0.2, 0.25) is 0 Å². The summed E-state index contributed by atoms with van der Waals surface area (Å²) in [4.78, 5) is 11.7. The van der Waals surface area contributed by atoms with E-state index < -0.39 is 11.6 Å². The minimum Gasteiger partial charge on any atom is -0.299 e. The van der Waals surface area contributed by atoms with E-state index in [0.717, 1.165) is 25.3 Å². The van der Waals surface area contributed by atoms with E-state index in [0.29, 0.717) is 6.42 Å². The van der Waals surface area contributed by atoms with Gasteiger partial charge >= 0.3 is 0 Å². The molecular formula is C17H24F2O. The number of ketones is 1. The average molecular weight is 282 g/mol. The molecule has 0 N–H and O–H groups in total. The van der Waals surface area contributed by atoms with Gasteiger partial charge in [-0.15, -0.1) is 0 Å². The van der Waals surface area contributed by atoms with Crippen molar-refractivity contribution < 1.29 is 13.6 Å². The summed E-state index contributed by atoms with van der Waals surface area (Å²) in [5.74, 6) is -1.78. The molecule has 0 radical (unpaired) electrons. The standard InChI is InChI=1S/C17H24F2O/c1-2-3-4-5-6-7-8-11-15(20)13-14-10-9-12-16(18)17(14)19/h9-10,12H,2-8,11,13H2,1H3. The second-order valence-corrected chi connectivity index (χ2v) is 5.30. The molecule has 0 saturated heterocycles. The van der Waals surface area contributed by atoms with Crippen LogP contribution >= 0.6 is 0 Å². The predicted molar refractivity (Wildman–Crippen MR) is 77.7 cm³/mol. The van der Waals surface area contributed by atoms with E-state index in [4.69, 9.17) is 0 Å². The van der Waals surface area contributed by atoms with Crippen molar-refractivity contribution in [1.29, 1.82) is 0 Å². The zero-order valence-electron chi connectivity index (χ0n) is 12.3. The fraction of sp³-hybridized carbons (Fsp3) is 0.588. The van der Waals surface area contributed by atoms with Gasteiger partial charge in [0.15, 0.2) is 11.6 Å². The maximum Gasteiger partial charge on any atom is 0.162 e. The van der Waals surface area contributed by atoms with Crippen LogP contribution in [0.3, 0.4) is 0 Å². The van der Waals surface area contributed by atoms with E-state index in [1.807, 2.05) is 0 Å². The summed E-state index contributed by atoms with van der Waals surface area (Å²) in [7, 11) is 0. The van der Waals surface area contributed by atoms with Crippen LogP contribution in [-0.2, 0) is 11.2 Å². The lowest BCUT2D eigenvalue weighted by atomic mass is 10.0. The van der Waals surface area contributed by atoms with Gasteiger partial charge in [-0.3, -0.25) is 4.79 Å². The van der Waals surface area contributed by atoms with Crippen molar-refractivity contribution in [2.24, 2.45) is 0 Å². The zero-order chi connectivity index (χ0) is 14.8. The second kappa shape index (κ2) is 9.62. The van der Waals surface area contributed by atoms with E-state index >= 15 is 0 Å². The van der Waals surface area contributed by atoms with Crippen molar-refractivity contribution in [2.75, 3.05) is 0 Å². The quantitative estimate of drug-likeness (QED) is 0.538. The highest BCUT2D eigenvalue weighted by Gasteiger charge is 2.11. The molecular weight excluding hydrogens is 258 g/mol. The van der Waals surface area contributed by atoms with Crippen molar-refractivity contribution in [3.8, 4) is 0 Å². The highest BCUT2D eigenvalue weighted by atomic mass is 19.2. The lowest BCUT2D eigenvalue weighted by Gasteiger charge is -2.04. The van der Waals surface area contributed by atoms with Crippen LogP contribution < -0.4 is 0 Å². The van der Waals surface area contributed by atoms with Gasteiger partial charge in [-0.25, -0.2) is 8.78 Å². The Bertz CT molecular complexity index is 415. The molecule has 1 aromatic carbocycles. The normalized spacial score (nSPS) is 10.8. The Kier molecular flexibility index (Phi) is 8.08. The van der Waals surface area contributed by atoms with Crippen LogP contribution in [0.5, 0.6) is 0 Å². The molecule has 0 aliphatic heterocycles. The minimum absolute atomic E-state index is 0.000567. The van der Waals surface area contributed by atoms with Crippen LogP contribution in [0.4, 0.5) is 8.78 Å². The topological polar surface area (TPSA) is 17.1 Å². The molecule has 0 aliphatic rings. The number of halogens is 2. The first-order chi connectivity index (χ1) is 9.65. The number of benzene rings is 1. The Morgan fingerprint density at radius 1 is 1.00 bits per heavy atom. The maximum absolute atomic E-state index is 13.4. The molecule has 1 rings (SSSR count). The molecule has 0 unspecified atom stereocenters. The lowest BCUT2D eigenvalue weighted by Crippen LogP contribution is -2.05. The van der Waals surface area contributed by atoms with Gasteiger partial charge in [0, 0.05) is 12.8 Å². The van der Waals surface area contributed by atoms with Crippen molar-refractivity contribution in [2.45, 2.75) is 64.7 Å². The van der Waals surface area contributed by atoms with Gasteiger partial charge in [-0.1, -0.05) is 57.6 Å². The Morgan fingerprint density at radius 3 is 2.35 bits per heavy atom. The Morgan fingerprint density at radius 2 is 1.65 bits per heavy atom. The van der Waals surface area contributed by atoms with Crippen molar-refractivity contribution in [3.05, 3.63) is 35.4 Å². The van der Waals surface area contributed by atoms with Gasteiger partial charge in [0.2, 0.25) is 0 Å². The lowest BCUT2D eigenvalue weighted by molar-refractivity contribution is -0.118. The molecule has 0 fully saturated rings. The van der Waals surface area contributed by atoms with Gasteiger partial charge in [0.05, 0.1) is 0 Å². The average Bonchev–Trinajstić information content (AvgIpc) is 2.43. The number of rotatable bonds is 10. The molecule has 1 nitrogen and oxygen atoms in total. The third kappa shape index (κ3) is 6.27. The van der Waals surface area contributed by atoms with Gasteiger partial charge in [-0.05, 0) is 18.1 Å². The molecule has 1 aromatic rings. The molecule has 0 aromatic heterocycles. The third-order valence-electron chi connectivity index (χ3n) is 3.48. The summed E-state index contributed by atoms with van der Waals surface area (Å²) >= 11 is 0. The number of hydrogen-bond donors (Lipinski definition) is 0. The van der Waals surface area contributed by atoms with Crippen LogP contribution in [0, 0.1) is 11.6 Å². The molecule has 0 saturated carbocycles. The fourth-order valence-corrected chi connectivity index (χ4v) is 2.27. The second-order valence-electron chi connectivity index (χ2n) is 5.30. The molecule has 0 heterocycles. The summed E-state index contributed by atoms with van der Waals surface area (Å²) in [5, 5.41) is 0. The number of hydrogen-bond acceptors (Lipinski definition) is 1. The highest BCUT2D eigenvalue weighted by molar-refractivity contribution is 5.80. The van der Waals surface area contributed by atoms with Gasteiger partial charge in [0.25, 0.3) is 0 Å². The van der Waals surface area contributed by atoms with Crippen molar-refractivity contribution in [3.63, 3.8) is 0 Å². The summed E-state index contributed by atoms with van der Waals surface area (Å²) in [6, 6.07) is 3.98.